The average molecular weight is 437 g/mol. The first-order valence-corrected chi connectivity index (χ1v) is 12.3. The quantitative estimate of drug-likeness (QED) is 0.618. The van der Waals surface area contributed by atoms with Gasteiger partial charge in [-0.25, -0.2) is 4.79 Å². The summed E-state index contributed by atoms with van der Waals surface area (Å²) in [4.78, 5) is 20.5. The second kappa shape index (κ2) is 8.40. The number of carbonyl (C=O) groups excluding carboxylic acids is 1. The first-order chi connectivity index (χ1) is 15.0. The molecule has 1 aliphatic heterocycles. The average Bonchev–Trinajstić information content (AvgIpc) is 3.30. The molecule has 0 aromatic carbocycles. The number of carbonyl (C=O) groups is 1. The zero-order valence-electron chi connectivity index (χ0n) is 18.4. The van der Waals surface area contributed by atoms with Crippen molar-refractivity contribution in [2.45, 2.75) is 45.6 Å². The van der Waals surface area contributed by atoms with Gasteiger partial charge in [-0.3, -0.25) is 9.88 Å². The van der Waals surface area contributed by atoms with Crippen molar-refractivity contribution in [3.05, 3.63) is 47.6 Å². The normalized spacial score (nSPS) is 25.4. The highest BCUT2D eigenvalue weighted by atomic mass is 32.1. The lowest BCUT2D eigenvalue weighted by Gasteiger charge is -2.57. The SMILES string of the molecule is CC1(C)[C@H]2CC=C(CN3CCC(NC(=O)Nc4cncc(-c5cccs5)c4)CC3)[C@@H]1C2. The van der Waals surface area contributed by atoms with Crippen LogP contribution in [-0.4, -0.2) is 41.6 Å². The van der Waals surface area contributed by atoms with Gasteiger partial charge < -0.3 is 10.6 Å². The van der Waals surface area contributed by atoms with Crippen LogP contribution in [0, 0.1) is 17.3 Å². The van der Waals surface area contributed by atoms with E-state index < -0.39 is 0 Å². The number of hydrogen-bond acceptors (Lipinski definition) is 4. The monoisotopic (exact) mass is 436 g/mol. The predicted molar refractivity (Wildman–Crippen MR) is 127 cm³/mol. The summed E-state index contributed by atoms with van der Waals surface area (Å²) in [7, 11) is 0. The summed E-state index contributed by atoms with van der Waals surface area (Å²) >= 11 is 1.67. The van der Waals surface area contributed by atoms with Gasteiger partial charge in [-0.05, 0) is 60.4 Å². The summed E-state index contributed by atoms with van der Waals surface area (Å²) in [5, 5.41) is 8.16. The number of nitrogens with zero attached hydrogens (tertiary/aromatic N) is 2. The molecule has 6 rings (SSSR count). The summed E-state index contributed by atoms with van der Waals surface area (Å²) in [6, 6.07) is 6.15. The van der Waals surface area contributed by atoms with Crippen molar-refractivity contribution < 1.29 is 4.79 Å². The largest absolute Gasteiger partial charge is 0.335 e. The Morgan fingerprint density at radius 1 is 1.29 bits per heavy atom. The van der Waals surface area contributed by atoms with Crippen molar-refractivity contribution in [1.29, 1.82) is 0 Å². The molecule has 2 atom stereocenters. The Balaban J connectivity index is 1.09. The van der Waals surface area contributed by atoms with Crippen LogP contribution in [0.5, 0.6) is 0 Å². The van der Waals surface area contributed by atoms with Crippen molar-refractivity contribution >= 4 is 23.1 Å². The van der Waals surface area contributed by atoms with Gasteiger partial charge >= 0.3 is 6.03 Å². The first-order valence-electron chi connectivity index (χ1n) is 11.5. The number of piperidine rings is 1. The number of anilines is 1. The number of allylic oxidation sites excluding steroid dienone is 1. The number of aromatic nitrogens is 1. The van der Waals surface area contributed by atoms with Crippen LogP contribution in [0.1, 0.15) is 39.5 Å². The molecule has 1 saturated carbocycles. The van der Waals surface area contributed by atoms with Gasteiger partial charge in [0.05, 0.1) is 11.9 Å². The van der Waals surface area contributed by atoms with E-state index in [1.54, 1.807) is 23.1 Å². The van der Waals surface area contributed by atoms with Gasteiger partial charge in [-0.15, -0.1) is 11.3 Å². The topological polar surface area (TPSA) is 57.3 Å². The van der Waals surface area contributed by atoms with Crippen LogP contribution >= 0.6 is 11.3 Å². The molecule has 31 heavy (non-hydrogen) atoms. The molecule has 4 aliphatic rings. The molecule has 0 unspecified atom stereocenters. The maximum absolute atomic E-state index is 12.5. The lowest BCUT2D eigenvalue weighted by atomic mass is 9.49. The minimum absolute atomic E-state index is 0.138. The van der Waals surface area contributed by atoms with Gasteiger partial charge in [0.1, 0.15) is 0 Å². The van der Waals surface area contributed by atoms with Gasteiger partial charge in [-0.1, -0.05) is 31.6 Å². The molecule has 2 N–H and O–H groups in total. The van der Waals surface area contributed by atoms with E-state index in [9.17, 15) is 4.79 Å². The van der Waals surface area contributed by atoms with E-state index in [2.05, 4.69) is 46.5 Å². The standard InChI is InChI=1S/C25H32N4OS/c1-25(2)19-6-5-17(22(25)13-19)16-29-9-7-20(8-10-29)27-24(30)28-21-12-18(14-26-15-21)23-4-3-11-31-23/h3-5,11-12,14-15,19-20,22H,6-10,13,16H2,1-2H3,(H2,27,28,30)/t19-,22-/m0/s1. The molecule has 2 fully saturated rings. The molecule has 0 radical (unpaired) electrons. The molecule has 2 aromatic rings. The second-order valence-corrected chi connectivity index (χ2v) is 10.9. The summed E-state index contributed by atoms with van der Waals surface area (Å²) in [6.45, 7) is 8.10. The van der Waals surface area contributed by atoms with Crippen molar-refractivity contribution in [3.8, 4) is 10.4 Å². The Bertz CT molecular complexity index is 960. The van der Waals surface area contributed by atoms with E-state index in [0.717, 1.165) is 60.4 Å². The van der Waals surface area contributed by atoms with Crippen LogP contribution in [-0.2, 0) is 0 Å². The Labute approximate surface area is 189 Å². The number of thiophene rings is 1. The molecular weight excluding hydrogens is 404 g/mol. The lowest BCUT2D eigenvalue weighted by molar-refractivity contribution is -0.0113. The van der Waals surface area contributed by atoms with Crippen LogP contribution in [0.3, 0.4) is 0 Å². The maximum Gasteiger partial charge on any atom is 0.319 e. The number of urea groups is 1. The smallest absolute Gasteiger partial charge is 0.319 e. The highest BCUT2D eigenvalue weighted by molar-refractivity contribution is 7.13. The summed E-state index contributed by atoms with van der Waals surface area (Å²) in [5.41, 5.74) is 3.91. The molecule has 6 heteroatoms. The van der Waals surface area contributed by atoms with Gasteiger partial charge in [0.15, 0.2) is 0 Å². The lowest BCUT2D eigenvalue weighted by Crippen LogP contribution is -2.51. The van der Waals surface area contributed by atoms with Crippen molar-refractivity contribution in [1.82, 2.24) is 15.2 Å². The summed E-state index contributed by atoms with van der Waals surface area (Å²) < 4.78 is 0. The van der Waals surface area contributed by atoms with Gasteiger partial charge in [0.2, 0.25) is 0 Å². The fourth-order valence-electron chi connectivity index (χ4n) is 5.59. The Hall–Kier alpha value is -2.18. The number of rotatable bonds is 5. The van der Waals surface area contributed by atoms with E-state index >= 15 is 0 Å². The highest BCUT2D eigenvalue weighted by Gasteiger charge is 2.51. The molecule has 3 aliphatic carbocycles. The molecule has 2 amide bonds. The minimum Gasteiger partial charge on any atom is -0.335 e. The molecule has 5 nitrogen and oxygen atoms in total. The maximum atomic E-state index is 12.5. The molecule has 1 saturated heterocycles. The van der Waals surface area contributed by atoms with Crippen LogP contribution in [0.15, 0.2) is 47.6 Å². The van der Waals surface area contributed by atoms with Crippen molar-refractivity contribution in [2.24, 2.45) is 17.3 Å². The van der Waals surface area contributed by atoms with Crippen LogP contribution < -0.4 is 10.6 Å². The van der Waals surface area contributed by atoms with Gasteiger partial charge in [-0.2, -0.15) is 0 Å². The fourth-order valence-corrected chi connectivity index (χ4v) is 6.30. The first kappa shape index (κ1) is 20.7. The number of fused-ring (bicyclic) bond motifs is 1. The van der Waals surface area contributed by atoms with E-state index in [1.165, 1.54) is 12.8 Å². The number of amides is 2. The minimum atomic E-state index is -0.138. The van der Waals surface area contributed by atoms with Crippen LogP contribution in [0.2, 0.25) is 0 Å². The van der Waals surface area contributed by atoms with E-state index in [0.29, 0.717) is 5.41 Å². The molecule has 2 bridgehead atoms. The van der Waals surface area contributed by atoms with Crippen molar-refractivity contribution in [2.75, 3.05) is 25.0 Å². The Morgan fingerprint density at radius 3 is 2.84 bits per heavy atom. The molecular formula is C25H32N4OS. The van der Waals surface area contributed by atoms with E-state index in [-0.39, 0.29) is 12.1 Å². The van der Waals surface area contributed by atoms with Crippen molar-refractivity contribution in [3.63, 3.8) is 0 Å². The zero-order chi connectivity index (χ0) is 21.4. The van der Waals surface area contributed by atoms with E-state index in [1.807, 2.05) is 23.7 Å². The molecule has 164 valence electrons. The van der Waals surface area contributed by atoms with E-state index in [4.69, 9.17) is 0 Å². The second-order valence-electron chi connectivity index (χ2n) is 9.91. The number of hydrogen-bond donors (Lipinski definition) is 2. The predicted octanol–water partition coefficient (Wildman–Crippen LogP) is 5.39. The van der Waals surface area contributed by atoms with Gasteiger partial charge in [0, 0.05) is 42.3 Å². The van der Waals surface area contributed by atoms with Crippen LogP contribution in [0.4, 0.5) is 10.5 Å². The zero-order valence-corrected chi connectivity index (χ0v) is 19.3. The molecule has 2 aromatic heterocycles. The third kappa shape index (κ3) is 4.28. The number of nitrogens with one attached hydrogen (secondary N) is 2. The number of likely N-dealkylation sites (tertiary alicyclic amines) is 1. The Morgan fingerprint density at radius 2 is 2.13 bits per heavy atom. The third-order valence-electron chi connectivity index (χ3n) is 7.71. The Kier molecular flexibility index (Phi) is 5.61. The summed E-state index contributed by atoms with van der Waals surface area (Å²) in [6.07, 6.45) is 10.7. The van der Waals surface area contributed by atoms with Gasteiger partial charge in [0.25, 0.3) is 0 Å². The molecule has 0 spiro atoms. The highest BCUT2D eigenvalue weighted by Crippen LogP contribution is 2.59. The molecule has 3 heterocycles. The fraction of sp³-hybridized carbons (Fsp3) is 0.520. The third-order valence-corrected chi connectivity index (χ3v) is 8.63. The summed E-state index contributed by atoms with van der Waals surface area (Å²) in [5.74, 6) is 1.68. The van der Waals surface area contributed by atoms with Crippen LogP contribution in [0.25, 0.3) is 10.4 Å². The number of pyridine rings is 1.